The summed E-state index contributed by atoms with van der Waals surface area (Å²) in [6.07, 6.45) is 8.72. The number of aliphatic carboxylic acids is 2. The van der Waals surface area contributed by atoms with Crippen LogP contribution in [0, 0.1) is 0 Å². The summed E-state index contributed by atoms with van der Waals surface area (Å²) in [5.41, 5.74) is -1.48. The number of carbonyl (C=O) groups is 2. The van der Waals surface area contributed by atoms with Gasteiger partial charge in [0.1, 0.15) is 0 Å². The molecule has 0 spiro atoms. The third kappa shape index (κ3) is 6.34. The van der Waals surface area contributed by atoms with E-state index in [9.17, 15) is 19.8 Å². The molecule has 0 atom stereocenters. The second-order valence-electron chi connectivity index (χ2n) is 6.11. The number of benzene rings is 1. The van der Waals surface area contributed by atoms with Crippen molar-refractivity contribution in [3.05, 3.63) is 35.9 Å². The van der Waals surface area contributed by atoms with Gasteiger partial charge in [-0.2, -0.15) is 0 Å². The average molecular weight is 328 g/mol. The summed E-state index contributed by atoms with van der Waals surface area (Å²) in [6, 6.07) is 8.31. The van der Waals surface area contributed by atoms with Crippen LogP contribution in [-0.2, 0) is 15.0 Å². The smallest absolute Gasteiger partial charge is 1.00 e. The molecule has 0 aromatic heterocycles. The summed E-state index contributed by atoms with van der Waals surface area (Å²) in [5.74, 6) is -2.56. The van der Waals surface area contributed by atoms with Gasteiger partial charge in [-0.25, -0.2) is 0 Å². The van der Waals surface area contributed by atoms with Gasteiger partial charge in [0.25, 0.3) is 0 Å². The van der Waals surface area contributed by atoms with Gasteiger partial charge in [0, 0.05) is 0 Å². The number of unbranched alkanes of at least 4 members (excludes halogenated alkanes) is 7. The summed E-state index contributed by atoms with van der Waals surface area (Å²) in [5, 5.41) is 19.1. The molecule has 24 heavy (non-hydrogen) atoms. The summed E-state index contributed by atoms with van der Waals surface area (Å²) in [6.45, 7) is 2.18. The van der Waals surface area contributed by atoms with Crippen LogP contribution in [0.15, 0.2) is 30.3 Å². The zero-order valence-electron chi connectivity index (χ0n) is 16.0. The van der Waals surface area contributed by atoms with Crippen molar-refractivity contribution in [3.63, 3.8) is 0 Å². The second-order valence-corrected chi connectivity index (χ2v) is 6.11. The maximum absolute atomic E-state index is 11.7. The van der Waals surface area contributed by atoms with Crippen molar-refractivity contribution in [2.75, 3.05) is 0 Å². The molecule has 0 aliphatic carbocycles. The molecule has 0 amide bonds. The zero-order chi connectivity index (χ0) is 17.1. The van der Waals surface area contributed by atoms with E-state index >= 15 is 0 Å². The van der Waals surface area contributed by atoms with Crippen LogP contribution >= 0.6 is 0 Å². The summed E-state index contributed by atoms with van der Waals surface area (Å²) >= 11 is 0. The molecule has 0 saturated heterocycles. The molecule has 0 bridgehead atoms. The average Bonchev–Trinajstić information content (AvgIpc) is 2.54. The Morgan fingerprint density at radius 3 is 1.79 bits per heavy atom. The van der Waals surface area contributed by atoms with Crippen molar-refractivity contribution in [1.29, 1.82) is 0 Å². The van der Waals surface area contributed by atoms with E-state index in [1.54, 1.807) is 30.3 Å². The summed E-state index contributed by atoms with van der Waals surface area (Å²) in [4.78, 5) is 23.4. The van der Waals surface area contributed by atoms with Crippen LogP contribution in [-0.4, -0.2) is 22.2 Å². The van der Waals surface area contributed by atoms with E-state index < -0.39 is 17.4 Å². The summed E-state index contributed by atoms with van der Waals surface area (Å²) < 4.78 is 0. The molecule has 0 aliphatic heterocycles. The monoisotopic (exact) mass is 328 g/mol. The van der Waals surface area contributed by atoms with Gasteiger partial charge in [0.15, 0.2) is 5.41 Å². The van der Waals surface area contributed by atoms with E-state index in [0.29, 0.717) is 12.0 Å². The summed E-state index contributed by atoms with van der Waals surface area (Å²) in [7, 11) is 0. The fraction of sp³-hybridized carbons (Fsp3) is 0.579. The van der Waals surface area contributed by atoms with Crippen molar-refractivity contribution in [3.8, 4) is 0 Å². The third-order valence-corrected chi connectivity index (χ3v) is 4.40. The van der Waals surface area contributed by atoms with Gasteiger partial charge < -0.3 is 11.6 Å². The molecule has 0 heterocycles. The molecule has 1 rings (SSSR count). The predicted molar refractivity (Wildman–Crippen MR) is 91.7 cm³/mol. The molecule has 130 valence electrons. The zero-order valence-corrected chi connectivity index (χ0v) is 15.0. The van der Waals surface area contributed by atoms with Gasteiger partial charge in [-0.05, 0) is 12.0 Å². The van der Waals surface area contributed by atoms with Crippen LogP contribution in [0.2, 0.25) is 0 Å². The molecule has 1 aromatic carbocycles. The topological polar surface area (TPSA) is 74.6 Å². The maximum Gasteiger partial charge on any atom is 1.00 e. The van der Waals surface area contributed by atoms with E-state index in [0.717, 1.165) is 19.3 Å². The molecule has 1 aromatic rings. The van der Waals surface area contributed by atoms with Crippen molar-refractivity contribution >= 4 is 11.9 Å². The second kappa shape index (κ2) is 12.2. The molecule has 5 heteroatoms. The van der Waals surface area contributed by atoms with Crippen LogP contribution in [0.1, 0.15) is 71.7 Å². The largest absolute Gasteiger partial charge is 1.00 e. The normalized spacial score (nSPS) is 10.9. The minimum Gasteiger partial charge on any atom is -1.00 e. The van der Waals surface area contributed by atoms with Crippen LogP contribution in [0.3, 0.4) is 0 Å². The Labute approximate surface area is 158 Å². The number of hydrogen-bond acceptors (Lipinski definition) is 2. The molecular weight excluding hydrogens is 299 g/mol. The molecule has 0 unspecified atom stereocenters. The van der Waals surface area contributed by atoms with Crippen LogP contribution in [0.4, 0.5) is 0 Å². The predicted octanol–water partition coefficient (Wildman–Crippen LogP) is 1.74. The Bertz CT molecular complexity index is 479. The van der Waals surface area contributed by atoms with E-state index in [-0.39, 0.29) is 26.7 Å². The van der Waals surface area contributed by atoms with Gasteiger partial charge in [-0.1, -0.05) is 88.6 Å². The Hall–Kier alpha value is -1.24. The number of carboxylic acids is 2. The van der Waals surface area contributed by atoms with Crippen LogP contribution < -0.4 is 18.9 Å². The van der Waals surface area contributed by atoms with Gasteiger partial charge in [0.2, 0.25) is 0 Å². The third-order valence-electron chi connectivity index (χ3n) is 4.40. The minimum atomic E-state index is -1.83. The fourth-order valence-electron chi connectivity index (χ4n) is 2.94. The maximum atomic E-state index is 11.7. The number of hydrogen-bond donors (Lipinski definition) is 2. The van der Waals surface area contributed by atoms with E-state index in [2.05, 4.69) is 6.92 Å². The first-order valence-electron chi connectivity index (χ1n) is 8.58. The van der Waals surface area contributed by atoms with Gasteiger partial charge in [-0.15, -0.1) is 0 Å². The molecule has 0 radical (unpaired) electrons. The quantitative estimate of drug-likeness (QED) is 0.348. The first-order valence-corrected chi connectivity index (χ1v) is 8.58. The molecule has 4 nitrogen and oxygen atoms in total. The van der Waals surface area contributed by atoms with Crippen molar-refractivity contribution < 1.29 is 40.1 Å². The van der Waals surface area contributed by atoms with Gasteiger partial charge >= 0.3 is 30.8 Å². The standard InChI is InChI=1S/C19H28O4.Li.H/c1-2-3-4-5-6-7-8-12-15-19(17(20)21,18(22)23)16-13-10-9-11-14-16;;/h9-11,13-14H,2-8,12,15H2,1H3,(H,20,21)(H,22,23);;/q;+1;-1. The molecule has 0 aliphatic rings. The molecule has 0 saturated carbocycles. The van der Waals surface area contributed by atoms with Crippen molar-refractivity contribution in [1.82, 2.24) is 0 Å². The number of rotatable bonds is 12. The number of carboxylic acid groups (broad SMARTS) is 2. The Morgan fingerprint density at radius 2 is 1.33 bits per heavy atom. The van der Waals surface area contributed by atoms with Crippen LogP contribution in [0.25, 0.3) is 0 Å². The van der Waals surface area contributed by atoms with Gasteiger partial charge in [0.05, 0.1) is 0 Å². The Kier molecular flexibility index (Phi) is 11.5. The SMILES string of the molecule is CCCCCCCCCCC(C(=O)O)(C(=O)O)c1ccccc1.[H-].[Li+]. The molecule has 0 fully saturated rings. The van der Waals surface area contributed by atoms with Crippen molar-refractivity contribution in [2.45, 2.75) is 70.1 Å². The molecule has 2 N–H and O–H groups in total. The minimum absolute atomic E-state index is 0. The van der Waals surface area contributed by atoms with Crippen LogP contribution in [0.5, 0.6) is 0 Å². The first-order chi connectivity index (χ1) is 11.1. The fourth-order valence-corrected chi connectivity index (χ4v) is 2.94. The van der Waals surface area contributed by atoms with E-state index in [4.69, 9.17) is 0 Å². The van der Waals surface area contributed by atoms with E-state index in [1.807, 2.05) is 0 Å². The van der Waals surface area contributed by atoms with E-state index in [1.165, 1.54) is 25.7 Å². The Morgan fingerprint density at radius 1 is 0.875 bits per heavy atom. The van der Waals surface area contributed by atoms with Gasteiger partial charge in [-0.3, -0.25) is 9.59 Å². The Balaban J connectivity index is 0. The van der Waals surface area contributed by atoms with Crippen molar-refractivity contribution in [2.24, 2.45) is 0 Å². The molecular formula is C19H29LiO4. The first kappa shape index (κ1) is 22.8.